The standard InChI is InChI=1S/C11H22N2O/c1-4-8-12-13(10(2)3)11-7-5-6-9-14-11/h8,10-11H,4-7,9H2,1-3H3/b12-8-. The molecule has 1 rings (SSSR count). The van der Waals surface area contributed by atoms with E-state index in [-0.39, 0.29) is 6.23 Å². The maximum Gasteiger partial charge on any atom is 0.146 e. The number of hydrogen-bond donors (Lipinski definition) is 0. The van der Waals surface area contributed by atoms with E-state index in [9.17, 15) is 0 Å². The van der Waals surface area contributed by atoms with Crippen molar-refractivity contribution in [1.82, 2.24) is 5.01 Å². The van der Waals surface area contributed by atoms with Gasteiger partial charge >= 0.3 is 0 Å². The molecule has 0 aliphatic carbocycles. The van der Waals surface area contributed by atoms with Gasteiger partial charge in [0.25, 0.3) is 0 Å². The molecule has 0 amide bonds. The van der Waals surface area contributed by atoms with Crippen LogP contribution in [0.1, 0.15) is 46.5 Å². The van der Waals surface area contributed by atoms with Gasteiger partial charge in [-0.25, -0.2) is 0 Å². The van der Waals surface area contributed by atoms with Gasteiger partial charge in [-0.15, -0.1) is 0 Å². The SMILES string of the molecule is CC/C=N\N(C(C)C)C1CCCCO1. The Labute approximate surface area is 87.1 Å². The first-order chi connectivity index (χ1) is 6.75. The lowest BCUT2D eigenvalue weighted by Gasteiger charge is -2.34. The minimum Gasteiger partial charge on any atom is -0.357 e. The Morgan fingerprint density at radius 2 is 2.29 bits per heavy atom. The third-order valence-electron chi connectivity index (χ3n) is 2.38. The van der Waals surface area contributed by atoms with Gasteiger partial charge in [-0.1, -0.05) is 6.92 Å². The molecule has 1 unspecified atom stereocenters. The van der Waals surface area contributed by atoms with Crippen LogP contribution in [-0.4, -0.2) is 30.1 Å². The van der Waals surface area contributed by atoms with Crippen LogP contribution in [0.15, 0.2) is 5.10 Å². The maximum absolute atomic E-state index is 5.71. The van der Waals surface area contributed by atoms with E-state index in [0.717, 1.165) is 19.4 Å². The van der Waals surface area contributed by atoms with Gasteiger partial charge in [0.15, 0.2) is 0 Å². The summed E-state index contributed by atoms with van der Waals surface area (Å²) in [7, 11) is 0. The number of rotatable bonds is 4. The first-order valence-corrected chi connectivity index (χ1v) is 5.68. The number of ether oxygens (including phenoxy) is 1. The van der Waals surface area contributed by atoms with Crippen LogP contribution in [0.4, 0.5) is 0 Å². The normalized spacial score (nSPS) is 23.3. The van der Waals surface area contributed by atoms with Crippen molar-refractivity contribution in [2.45, 2.75) is 58.7 Å². The molecule has 3 nitrogen and oxygen atoms in total. The third-order valence-corrected chi connectivity index (χ3v) is 2.38. The van der Waals surface area contributed by atoms with Crippen LogP contribution in [0.25, 0.3) is 0 Å². The fraction of sp³-hybridized carbons (Fsp3) is 0.909. The minimum absolute atomic E-state index is 0.201. The molecule has 1 saturated heterocycles. The fourth-order valence-electron chi connectivity index (χ4n) is 1.65. The molecule has 1 aliphatic heterocycles. The van der Waals surface area contributed by atoms with E-state index in [4.69, 9.17) is 4.74 Å². The lowest BCUT2D eigenvalue weighted by Crippen LogP contribution is -2.40. The Bertz CT molecular complexity index is 174. The van der Waals surface area contributed by atoms with Crippen molar-refractivity contribution in [2.24, 2.45) is 5.10 Å². The summed E-state index contributed by atoms with van der Waals surface area (Å²) in [5, 5.41) is 6.53. The molecule has 0 N–H and O–H groups in total. The Morgan fingerprint density at radius 1 is 1.50 bits per heavy atom. The number of hydrazone groups is 1. The van der Waals surface area contributed by atoms with E-state index in [2.05, 4.69) is 30.9 Å². The molecule has 0 aromatic heterocycles. The second kappa shape index (κ2) is 6.02. The third kappa shape index (κ3) is 3.29. The van der Waals surface area contributed by atoms with Crippen molar-refractivity contribution in [3.63, 3.8) is 0 Å². The van der Waals surface area contributed by atoms with Crippen LogP contribution in [0.5, 0.6) is 0 Å². The van der Waals surface area contributed by atoms with Crippen molar-refractivity contribution < 1.29 is 4.74 Å². The minimum atomic E-state index is 0.201. The molecule has 1 heterocycles. The fourth-order valence-corrected chi connectivity index (χ4v) is 1.65. The topological polar surface area (TPSA) is 24.8 Å². The molecule has 0 radical (unpaired) electrons. The molecule has 14 heavy (non-hydrogen) atoms. The summed E-state index contributed by atoms with van der Waals surface area (Å²) in [6, 6.07) is 0.417. The Morgan fingerprint density at radius 3 is 2.79 bits per heavy atom. The monoisotopic (exact) mass is 198 g/mol. The predicted molar refractivity (Wildman–Crippen MR) is 59.3 cm³/mol. The molecule has 1 fully saturated rings. The van der Waals surface area contributed by atoms with Crippen LogP contribution in [0.3, 0.4) is 0 Å². The predicted octanol–water partition coefficient (Wildman–Crippen LogP) is 2.62. The molecular weight excluding hydrogens is 176 g/mol. The highest BCUT2D eigenvalue weighted by molar-refractivity contribution is 5.56. The van der Waals surface area contributed by atoms with Gasteiger partial charge in [0.05, 0.1) is 0 Å². The summed E-state index contributed by atoms with van der Waals surface area (Å²) in [5.41, 5.74) is 0. The highest BCUT2D eigenvalue weighted by Gasteiger charge is 2.22. The summed E-state index contributed by atoms with van der Waals surface area (Å²) in [6.45, 7) is 7.30. The molecular formula is C11H22N2O. The second-order valence-electron chi connectivity index (χ2n) is 4.00. The van der Waals surface area contributed by atoms with E-state index in [0.29, 0.717) is 6.04 Å². The second-order valence-corrected chi connectivity index (χ2v) is 4.00. The van der Waals surface area contributed by atoms with Crippen LogP contribution < -0.4 is 0 Å². The maximum atomic E-state index is 5.71. The van der Waals surface area contributed by atoms with Crippen molar-refractivity contribution in [3.05, 3.63) is 0 Å². The largest absolute Gasteiger partial charge is 0.357 e. The van der Waals surface area contributed by atoms with Crippen LogP contribution in [-0.2, 0) is 4.74 Å². The average Bonchev–Trinajstić information content (AvgIpc) is 2.19. The smallest absolute Gasteiger partial charge is 0.146 e. The molecule has 1 atom stereocenters. The summed E-state index contributed by atoms with van der Waals surface area (Å²) in [6.07, 6.45) is 6.70. The summed E-state index contributed by atoms with van der Waals surface area (Å²) >= 11 is 0. The quantitative estimate of drug-likeness (QED) is 0.512. The summed E-state index contributed by atoms with van der Waals surface area (Å²) in [4.78, 5) is 0. The average molecular weight is 198 g/mol. The van der Waals surface area contributed by atoms with E-state index in [1.54, 1.807) is 0 Å². The highest BCUT2D eigenvalue weighted by Crippen LogP contribution is 2.18. The van der Waals surface area contributed by atoms with Gasteiger partial charge in [-0.3, -0.25) is 5.01 Å². The zero-order valence-corrected chi connectivity index (χ0v) is 9.57. The van der Waals surface area contributed by atoms with Crippen LogP contribution >= 0.6 is 0 Å². The van der Waals surface area contributed by atoms with Gasteiger partial charge < -0.3 is 4.74 Å². The molecule has 0 saturated carbocycles. The van der Waals surface area contributed by atoms with E-state index >= 15 is 0 Å². The first-order valence-electron chi connectivity index (χ1n) is 5.68. The molecule has 1 aliphatic rings. The highest BCUT2D eigenvalue weighted by atomic mass is 16.5. The van der Waals surface area contributed by atoms with Crippen molar-refractivity contribution in [3.8, 4) is 0 Å². The molecule has 3 heteroatoms. The van der Waals surface area contributed by atoms with Gasteiger partial charge in [0.1, 0.15) is 6.23 Å². The Balaban J connectivity index is 2.51. The number of nitrogens with zero attached hydrogens (tertiary/aromatic N) is 2. The van der Waals surface area contributed by atoms with E-state index in [1.807, 2.05) is 6.21 Å². The zero-order valence-electron chi connectivity index (χ0n) is 9.57. The summed E-state index contributed by atoms with van der Waals surface area (Å²) < 4.78 is 5.71. The molecule has 0 aromatic rings. The zero-order chi connectivity index (χ0) is 10.4. The Hall–Kier alpha value is -0.570. The van der Waals surface area contributed by atoms with Crippen molar-refractivity contribution in [2.75, 3.05) is 6.61 Å². The lowest BCUT2D eigenvalue weighted by atomic mass is 10.1. The lowest BCUT2D eigenvalue weighted by molar-refractivity contribution is -0.0971. The van der Waals surface area contributed by atoms with Gasteiger partial charge in [-0.2, -0.15) is 5.10 Å². The van der Waals surface area contributed by atoms with Gasteiger partial charge in [-0.05, 0) is 39.5 Å². The molecule has 0 bridgehead atoms. The van der Waals surface area contributed by atoms with Crippen LogP contribution in [0, 0.1) is 0 Å². The van der Waals surface area contributed by atoms with Crippen LogP contribution in [0.2, 0.25) is 0 Å². The number of hydrogen-bond acceptors (Lipinski definition) is 3. The van der Waals surface area contributed by atoms with Crippen molar-refractivity contribution >= 4 is 6.21 Å². The molecule has 82 valence electrons. The van der Waals surface area contributed by atoms with Gasteiger partial charge in [0.2, 0.25) is 0 Å². The van der Waals surface area contributed by atoms with Gasteiger partial charge in [0, 0.05) is 18.9 Å². The van der Waals surface area contributed by atoms with Crippen molar-refractivity contribution in [1.29, 1.82) is 0 Å². The molecule has 0 aromatic carbocycles. The Kier molecular flexibility index (Phi) is 4.94. The summed E-state index contributed by atoms with van der Waals surface area (Å²) in [5.74, 6) is 0. The molecule has 0 spiro atoms. The van der Waals surface area contributed by atoms with E-state index < -0.39 is 0 Å². The first kappa shape index (κ1) is 11.5. The van der Waals surface area contributed by atoms with E-state index in [1.165, 1.54) is 12.8 Å².